The molecule has 1 N–H and O–H groups in total. The third kappa shape index (κ3) is 5.40. The summed E-state index contributed by atoms with van der Waals surface area (Å²) in [5.74, 6) is -0.0701. The number of pyridine rings is 1. The number of benzene rings is 2. The number of anilines is 1. The summed E-state index contributed by atoms with van der Waals surface area (Å²) in [6.45, 7) is 3.61. The molecule has 3 aromatic rings. The van der Waals surface area contributed by atoms with E-state index in [1.807, 2.05) is 19.9 Å². The quantitative estimate of drug-likeness (QED) is 0.582. The Morgan fingerprint density at radius 3 is 2.29 bits per heavy atom. The maximum Gasteiger partial charge on any atom is 0.264 e. The normalized spacial score (nSPS) is 11.1. The van der Waals surface area contributed by atoms with Crippen LogP contribution in [0.5, 0.6) is 5.75 Å². The molecule has 162 valence electrons. The van der Waals surface area contributed by atoms with E-state index < -0.39 is 15.9 Å². The van der Waals surface area contributed by atoms with Crippen molar-refractivity contribution < 1.29 is 17.9 Å². The molecule has 1 heterocycles. The molecule has 1 aromatic heterocycles. The molecule has 0 aliphatic carbocycles. The molecule has 7 nitrogen and oxygen atoms in total. The van der Waals surface area contributed by atoms with Crippen LogP contribution in [0.15, 0.2) is 71.9 Å². The number of nitrogens with one attached hydrogen (secondary N) is 1. The number of amides is 1. The van der Waals surface area contributed by atoms with Gasteiger partial charge >= 0.3 is 0 Å². The molecule has 0 bridgehead atoms. The second kappa shape index (κ2) is 9.61. The van der Waals surface area contributed by atoms with Gasteiger partial charge in [0.25, 0.3) is 10.0 Å². The summed E-state index contributed by atoms with van der Waals surface area (Å²) in [6.07, 6.45) is 3.26. The fourth-order valence-electron chi connectivity index (χ4n) is 3.02. The topological polar surface area (TPSA) is 88.6 Å². The van der Waals surface area contributed by atoms with Gasteiger partial charge in [-0.05, 0) is 61.4 Å². The van der Waals surface area contributed by atoms with E-state index >= 15 is 0 Å². The van der Waals surface area contributed by atoms with Crippen molar-refractivity contribution in [3.05, 3.63) is 83.7 Å². The maximum atomic E-state index is 13.5. The molecule has 0 saturated heterocycles. The number of hydrogen-bond donors (Lipinski definition) is 1. The summed E-state index contributed by atoms with van der Waals surface area (Å²) < 4.78 is 33.5. The minimum Gasteiger partial charge on any atom is -0.495 e. The van der Waals surface area contributed by atoms with E-state index in [1.54, 1.807) is 48.8 Å². The van der Waals surface area contributed by atoms with Crippen molar-refractivity contribution >= 4 is 21.6 Å². The van der Waals surface area contributed by atoms with Gasteiger partial charge in [-0.2, -0.15) is 0 Å². The van der Waals surface area contributed by atoms with Gasteiger partial charge in [0, 0.05) is 18.9 Å². The molecule has 0 radical (unpaired) electrons. The third-order valence-corrected chi connectivity index (χ3v) is 6.51. The number of ether oxygens (including phenoxy) is 1. The fraction of sp³-hybridized carbons (Fsp3) is 0.217. The lowest BCUT2D eigenvalue weighted by Crippen LogP contribution is -2.41. The Hall–Kier alpha value is -3.39. The molecule has 0 aliphatic heterocycles. The molecule has 0 saturated carbocycles. The summed E-state index contributed by atoms with van der Waals surface area (Å²) in [6, 6.07) is 15.3. The van der Waals surface area contributed by atoms with Gasteiger partial charge in [-0.1, -0.05) is 23.8 Å². The molecule has 3 rings (SSSR count). The molecule has 0 aliphatic rings. The van der Waals surface area contributed by atoms with Gasteiger partial charge in [0.1, 0.15) is 12.3 Å². The van der Waals surface area contributed by atoms with Gasteiger partial charge in [0.15, 0.2) is 0 Å². The van der Waals surface area contributed by atoms with Crippen LogP contribution in [0.3, 0.4) is 0 Å². The van der Waals surface area contributed by atoms with E-state index in [1.165, 1.54) is 19.2 Å². The minimum atomic E-state index is -4.02. The standard InChI is InChI=1S/C23H25N3O4S/c1-17-4-7-20(8-5-17)31(28,29)26(21-14-18(2)6-9-22(21)30-3)16-23(27)25-15-19-10-12-24-13-11-19/h4-14H,15-16H2,1-3H3,(H,25,27). The van der Waals surface area contributed by atoms with Gasteiger partial charge in [-0.25, -0.2) is 8.42 Å². The Morgan fingerprint density at radius 1 is 1.00 bits per heavy atom. The molecule has 0 spiro atoms. The molecule has 2 aromatic carbocycles. The van der Waals surface area contributed by atoms with Crippen LogP contribution in [-0.2, 0) is 21.4 Å². The Balaban J connectivity index is 1.95. The van der Waals surface area contributed by atoms with Crippen LogP contribution in [-0.4, -0.2) is 33.0 Å². The van der Waals surface area contributed by atoms with Gasteiger partial charge in [-0.3, -0.25) is 14.1 Å². The molecule has 0 unspecified atom stereocenters. The first-order chi connectivity index (χ1) is 14.8. The lowest BCUT2D eigenvalue weighted by atomic mass is 10.2. The van der Waals surface area contributed by atoms with E-state index in [-0.39, 0.29) is 18.0 Å². The lowest BCUT2D eigenvalue weighted by Gasteiger charge is -2.26. The van der Waals surface area contributed by atoms with E-state index in [9.17, 15) is 13.2 Å². The zero-order valence-corrected chi connectivity index (χ0v) is 18.5. The first-order valence-electron chi connectivity index (χ1n) is 9.71. The Bertz CT molecular complexity index is 1150. The van der Waals surface area contributed by atoms with E-state index in [0.29, 0.717) is 11.4 Å². The average Bonchev–Trinajstić information content (AvgIpc) is 2.77. The number of aryl methyl sites for hydroxylation is 2. The highest BCUT2D eigenvalue weighted by Crippen LogP contribution is 2.33. The van der Waals surface area contributed by atoms with Crippen LogP contribution in [0.1, 0.15) is 16.7 Å². The second-order valence-corrected chi connectivity index (χ2v) is 8.99. The Labute approximate surface area is 182 Å². The SMILES string of the molecule is COc1ccc(C)cc1N(CC(=O)NCc1ccncc1)S(=O)(=O)c1ccc(C)cc1. The summed E-state index contributed by atoms with van der Waals surface area (Å²) in [7, 11) is -2.55. The number of sulfonamides is 1. The molecule has 31 heavy (non-hydrogen) atoms. The number of hydrogen-bond acceptors (Lipinski definition) is 5. The van der Waals surface area contributed by atoms with Crippen molar-refractivity contribution in [1.82, 2.24) is 10.3 Å². The van der Waals surface area contributed by atoms with Gasteiger partial charge in [0.2, 0.25) is 5.91 Å². The largest absolute Gasteiger partial charge is 0.495 e. The van der Waals surface area contributed by atoms with E-state index in [0.717, 1.165) is 21.0 Å². The number of aromatic nitrogens is 1. The summed E-state index contributed by atoms with van der Waals surface area (Å²) in [4.78, 5) is 16.8. The number of methoxy groups -OCH3 is 1. The van der Waals surface area contributed by atoms with Gasteiger partial charge in [0.05, 0.1) is 17.7 Å². The van der Waals surface area contributed by atoms with Crippen LogP contribution in [0, 0.1) is 13.8 Å². The number of rotatable bonds is 8. The predicted molar refractivity (Wildman–Crippen MR) is 120 cm³/mol. The highest BCUT2D eigenvalue weighted by molar-refractivity contribution is 7.92. The fourth-order valence-corrected chi connectivity index (χ4v) is 4.44. The summed E-state index contributed by atoms with van der Waals surface area (Å²) in [5.41, 5.74) is 2.96. The van der Waals surface area contributed by atoms with Gasteiger partial charge < -0.3 is 10.1 Å². The second-order valence-electron chi connectivity index (χ2n) is 7.13. The number of carbonyl (C=O) groups is 1. The number of nitrogens with zero attached hydrogens (tertiary/aromatic N) is 2. The van der Waals surface area contributed by atoms with Crippen molar-refractivity contribution in [3.8, 4) is 5.75 Å². The van der Waals surface area contributed by atoms with E-state index in [2.05, 4.69) is 10.3 Å². The van der Waals surface area contributed by atoms with Crippen molar-refractivity contribution in [1.29, 1.82) is 0 Å². The van der Waals surface area contributed by atoms with Crippen molar-refractivity contribution in [3.63, 3.8) is 0 Å². The Morgan fingerprint density at radius 2 is 1.65 bits per heavy atom. The molecule has 8 heteroatoms. The van der Waals surface area contributed by atoms with Crippen molar-refractivity contribution in [2.45, 2.75) is 25.3 Å². The Kier molecular flexibility index (Phi) is 6.91. The van der Waals surface area contributed by atoms with E-state index in [4.69, 9.17) is 4.74 Å². The zero-order valence-electron chi connectivity index (χ0n) is 17.7. The van der Waals surface area contributed by atoms with Crippen LogP contribution >= 0.6 is 0 Å². The lowest BCUT2D eigenvalue weighted by molar-refractivity contribution is -0.119. The minimum absolute atomic E-state index is 0.101. The van der Waals surface area contributed by atoms with Crippen LogP contribution in [0.4, 0.5) is 5.69 Å². The molecule has 1 amide bonds. The van der Waals surface area contributed by atoms with Crippen LogP contribution < -0.4 is 14.4 Å². The average molecular weight is 440 g/mol. The molecular formula is C23H25N3O4S. The molecular weight excluding hydrogens is 414 g/mol. The zero-order chi connectivity index (χ0) is 22.4. The first kappa shape index (κ1) is 22.3. The molecule has 0 fully saturated rings. The highest BCUT2D eigenvalue weighted by Gasteiger charge is 2.29. The third-order valence-electron chi connectivity index (χ3n) is 4.74. The highest BCUT2D eigenvalue weighted by atomic mass is 32.2. The monoisotopic (exact) mass is 439 g/mol. The van der Waals surface area contributed by atoms with Crippen molar-refractivity contribution in [2.75, 3.05) is 18.0 Å². The van der Waals surface area contributed by atoms with Crippen LogP contribution in [0.2, 0.25) is 0 Å². The van der Waals surface area contributed by atoms with Crippen molar-refractivity contribution in [2.24, 2.45) is 0 Å². The summed E-state index contributed by atoms with van der Waals surface area (Å²) >= 11 is 0. The predicted octanol–water partition coefficient (Wildman–Crippen LogP) is 3.22. The van der Waals surface area contributed by atoms with Crippen LogP contribution in [0.25, 0.3) is 0 Å². The molecule has 0 atom stereocenters. The maximum absolute atomic E-state index is 13.5. The smallest absolute Gasteiger partial charge is 0.264 e. The number of carbonyl (C=O) groups excluding carboxylic acids is 1. The van der Waals surface area contributed by atoms with Gasteiger partial charge in [-0.15, -0.1) is 0 Å². The first-order valence-corrected chi connectivity index (χ1v) is 11.1. The summed E-state index contributed by atoms with van der Waals surface area (Å²) in [5, 5.41) is 2.77.